The second-order valence-corrected chi connectivity index (χ2v) is 7.69. The number of nitrogens with zero attached hydrogens (tertiary/aromatic N) is 3. The smallest absolute Gasteiger partial charge is 0.336 e. The lowest BCUT2D eigenvalue weighted by Gasteiger charge is -2.34. The number of fused-ring (bicyclic) bond motifs is 1. The van der Waals surface area contributed by atoms with Gasteiger partial charge in [-0.3, -0.25) is 14.7 Å². The average Bonchev–Trinajstić information content (AvgIpc) is 2.72. The van der Waals surface area contributed by atoms with Gasteiger partial charge in [0.05, 0.1) is 5.39 Å². The summed E-state index contributed by atoms with van der Waals surface area (Å²) in [6, 6.07) is 9.15. The van der Waals surface area contributed by atoms with Crippen LogP contribution in [0.5, 0.6) is 5.75 Å². The number of hydrogen-bond donors (Lipinski definition) is 0. The van der Waals surface area contributed by atoms with Gasteiger partial charge in [0, 0.05) is 51.2 Å². The van der Waals surface area contributed by atoms with E-state index in [-0.39, 0.29) is 12.5 Å². The summed E-state index contributed by atoms with van der Waals surface area (Å²) < 4.78 is 11.2. The number of aryl methyl sites for hydroxylation is 2. The fourth-order valence-corrected chi connectivity index (χ4v) is 3.82. The Balaban J connectivity index is 1.37. The minimum atomic E-state index is -0.391. The first kappa shape index (κ1) is 20.1. The molecule has 1 aromatic carbocycles. The molecule has 0 spiro atoms. The molecule has 156 valence electrons. The van der Waals surface area contributed by atoms with Crippen molar-refractivity contribution in [2.75, 3.05) is 32.8 Å². The molecule has 1 aliphatic rings. The van der Waals surface area contributed by atoms with Crippen LogP contribution in [0.1, 0.15) is 16.7 Å². The van der Waals surface area contributed by atoms with Crippen LogP contribution >= 0.6 is 0 Å². The molecular weight excluding hydrogens is 382 g/mol. The van der Waals surface area contributed by atoms with Crippen molar-refractivity contribution in [3.8, 4) is 5.75 Å². The quantitative estimate of drug-likeness (QED) is 0.605. The lowest BCUT2D eigenvalue weighted by atomic mass is 10.1. The highest BCUT2D eigenvalue weighted by molar-refractivity contribution is 5.88. The van der Waals surface area contributed by atoms with Gasteiger partial charge in [0.1, 0.15) is 11.3 Å². The molecule has 1 amide bonds. The number of ether oxygens (including phenoxy) is 1. The number of benzene rings is 1. The molecule has 0 saturated carbocycles. The van der Waals surface area contributed by atoms with Gasteiger partial charge in [-0.05, 0) is 54.8 Å². The summed E-state index contributed by atoms with van der Waals surface area (Å²) in [7, 11) is 0. The molecule has 30 heavy (non-hydrogen) atoms. The molecule has 4 rings (SSSR count). The third kappa shape index (κ3) is 4.52. The lowest BCUT2D eigenvalue weighted by molar-refractivity contribution is -0.135. The minimum Gasteiger partial charge on any atom is -0.483 e. The number of hydrogen-bond acceptors (Lipinski definition) is 6. The highest BCUT2D eigenvalue weighted by atomic mass is 16.5. The molecule has 1 aliphatic heterocycles. The summed E-state index contributed by atoms with van der Waals surface area (Å²) in [5, 5.41) is 0.732. The monoisotopic (exact) mass is 407 g/mol. The summed E-state index contributed by atoms with van der Waals surface area (Å²) in [5.41, 5.74) is 2.99. The van der Waals surface area contributed by atoms with Crippen LogP contribution in [-0.4, -0.2) is 53.5 Å². The molecule has 2 aromatic heterocycles. The van der Waals surface area contributed by atoms with E-state index in [1.165, 1.54) is 11.6 Å². The number of pyridine rings is 1. The van der Waals surface area contributed by atoms with Crippen molar-refractivity contribution in [1.82, 2.24) is 14.8 Å². The van der Waals surface area contributed by atoms with E-state index < -0.39 is 5.63 Å². The van der Waals surface area contributed by atoms with Crippen LogP contribution in [0.15, 0.2) is 51.9 Å². The van der Waals surface area contributed by atoms with Crippen LogP contribution in [0.3, 0.4) is 0 Å². The largest absolute Gasteiger partial charge is 0.483 e. The molecule has 1 fully saturated rings. The zero-order valence-corrected chi connectivity index (χ0v) is 17.3. The standard InChI is InChI=1S/C23H25N3O4/c1-16-11-19(23-17(2)13-22(28)30-20(23)12-16)29-15-21(27)26-9-7-25(8-10-26)14-18-3-5-24-6-4-18/h3-6,11-13H,7-10,14-15H2,1-2H3. The SMILES string of the molecule is Cc1cc(OCC(=O)N2CCN(Cc3ccncc3)CC2)c2c(C)cc(=O)oc2c1. The molecule has 0 aliphatic carbocycles. The molecule has 7 nitrogen and oxygen atoms in total. The second-order valence-electron chi connectivity index (χ2n) is 7.69. The molecule has 0 N–H and O–H groups in total. The highest BCUT2D eigenvalue weighted by Crippen LogP contribution is 2.29. The summed E-state index contributed by atoms with van der Waals surface area (Å²) >= 11 is 0. The summed E-state index contributed by atoms with van der Waals surface area (Å²) in [5.74, 6) is 0.527. The maximum Gasteiger partial charge on any atom is 0.336 e. The van der Waals surface area contributed by atoms with E-state index in [0.717, 1.165) is 36.1 Å². The Morgan fingerprint density at radius 1 is 1.10 bits per heavy atom. The third-order valence-electron chi connectivity index (χ3n) is 5.38. The molecule has 0 radical (unpaired) electrons. The lowest BCUT2D eigenvalue weighted by Crippen LogP contribution is -2.49. The van der Waals surface area contributed by atoms with E-state index >= 15 is 0 Å². The van der Waals surface area contributed by atoms with Crippen LogP contribution < -0.4 is 10.4 Å². The second kappa shape index (κ2) is 8.67. The van der Waals surface area contributed by atoms with Crippen molar-refractivity contribution >= 4 is 16.9 Å². The molecule has 3 heterocycles. The predicted octanol–water partition coefficient (Wildman–Crippen LogP) is 2.53. The van der Waals surface area contributed by atoms with Crippen molar-refractivity contribution in [2.24, 2.45) is 0 Å². The number of piperazine rings is 1. The van der Waals surface area contributed by atoms with E-state index in [0.29, 0.717) is 24.4 Å². The Kier molecular flexibility index (Phi) is 5.81. The van der Waals surface area contributed by atoms with Gasteiger partial charge >= 0.3 is 5.63 Å². The van der Waals surface area contributed by atoms with Crippen molar-refractivity contribution in [3.05, 3.63) is 69.8 Å². The van der Waals surface area contributed by atoms with E-state index in [9.17, 15) is 9.59 Å². The number of rotatable bonds is 5. The normalized spacial score (nSPS) is 14.8. The van der Waals surface area contributed by atoms with Gasteiger partial charge in [0.15, 0.2) is 6.61 Å². The van der Waals surface area contributed by atoms with Gasteiger partial charge < -0.3 is 14.1 Å². The van der Waals surface area contributed by atoms with Crippen LogP contribution in [-0.2, 0) is 11.3 Å². The van der Waals surface area contributed by atoms with E-state index in [4.69, 9.17) is 9.15 Å². The van der Waals surface area contributed by atoms with Gasteiger partial charge in [-0.1, -0.05) is 0 Å². The maximum absolute atomic E-state index is 12.7. The van der Waals surface area contributed by atoms with E-state index in [2.05, 4.69) is 9.88 Å². The van der Waals surface area contributed by atoms with Crippen LogP contribution in [0.25, 0.3) is 11.0 Å². The summed E-state index contributed by atoms with van der Waals surface area (Å²) in [4.78, 5) is 32.6. The summed E-state index contributed by atoms with van der Waals surface area (Å²) in [6.45, 7) is 7.56. The Hall–Kier alpha value is -3.19. The van der Waals surface area contributed by atoms with Gasteiger partial charge in [-0.25, -0.2) is 4.79 Å². The number of carbonyl (C=O) groups is 1. The first-order chi connectivity index (χ1) is 14.5. The fraction of sp³-hybridized carbons (Fsp3) is 0.348. The number of carbonyl (C=O) groups excluding carboxylic acids is 1. The van der Waals surface area contributed by atoms with Gasteiger partial charge in [-0.15, -0.1) is 0 Å². The summed E-state index contributed by atoms with van der Waals surface area (Å²) in [6.07, 6.45) is 3.60. The van der Waals surface area contributed by atoms with Crippen LogP contribution in [0, 0.1) is 13.8 Å². The average molecular weight is 407 g/mol. The third-order valence-corrected chi connectivity index (χ3v) is 5.38. The topological polar surface area (TPSA) is 75.9 Å². The Morgan fingerprint density at radius 2 is 1.83 bits per heavy atom. The molecule has 3 aromatic rings. The van der Waals surface area contributed by atoms with Gasteiger partial charge in [0.2, 0.25) is 0 Å². The predicted molar refractivity (Wildman–Crippen MR) is 114 cm³/mol. The van der Waals surface area contributed by atoms with Crippen LogP contribution in [0.2, 0.25) is 0 Å². The zero-order chi connectivity index (χ0) is 21.1. The van der Waals surface area contributed by atoms with Gasteiger partial charge in [-0.2, -0.15) is 0 Å². The van der Waals surface area contributed by atoms with Crippen LogP contribution in [0.4, 0.5) is 0 Å². The highest BCUT2D eigenvalue weighted by Gasteiger charge is 2.22. The Morgan fingerprint density at radius 3 is 2.57 bits per heavy atom. The van der Waals surface area contributed by atoms with E-state index in [1.54, 1.807) is 18.5 Å². The van der Waals surface area contributed by atoms with Crippen molar-refractivity contribution in [1.29, 1.82) is 0 Å². The molecule has 0 unspecified atom stereocenters. The minimum absolute atomic E-state index is 0.0387. The van der Waals surface area contributed by atoms with E-state index in [1.807, 2.05) is 36.9 Å². The molecule has 0 atom stereocenters. The van der Waals surface area contributed by atoms with Crippen molar-refractivity contribution in [2.45, 2.75) is 20.4 Å². The molecule has 1 saturated heterocycles. The number of aromatic nitrogens is 1. The Bertz CT molecular complexity index is 1100. The van der Waals surface area contributed by atoms with Crippen molar-refractivity contribution < 1.29 is 13.9 Å². The Labute approximate surface area is 174 Å². The maximum atomic E-state index is 12.7. The molecule has 7 heteroatoms. The number of amides is 1. The van der Waals surface area contributed by atoms with Gasteiger partial charge in [0.25, 0.3) is 5.91 Å². The first-order valence-corrected chi connectivity index (χ1v) is 10.1. The molecule has 0 bridgehead atoms. The van der Waals surface area contributed by atoms with Crippen molar-refractivity contribution in [3.63, 3.8) is 0 Å². The molecular formula is C23H25N3O4. The zero-order valence-electron chi connectivity index (χ0n) is 17.3. The fourth-order valence-electron chi connectivity index (χ4n) is 3.82. The first-order valence-electron chi connectivity index (χ1n) is 10.1.